The van der Waals surface area contributed by atoms with Crippen LogP contribution in [-0.4, -0.2) is 17.6 Å². The number of pyridine rings is 1. The minimum atomic E-state index is -4.48. The van der Waals surface area contributed by atoms with Crippen LogP contribution in [0.5, 0.6) is 0 Å². The maximum Gasteiger partial charge on any atom is 0.433 e. The zero-order valence-corrected chi connectivity index (χ0v) is 9.70. The van der Waals surface area contributed by atoms with Gasteiger partial charge in [-0.1, -0.05) is 6.07 Å². The molecule has 0 amide bonds. The Labute approximate surface area is 102 Å². The first-order chi connectivity index (χ1) is 8.34. The van der Waals surface area contributed by atoms with Crippen LogP contribution < -0.4 is 5.73 Å². The van der Waals surface area contributed by atoms with Gasteiger partial charge in [0.05, 0.1) is 13.0 Å². The summed E-state index contributed by atoms with van der Waals surface area (Å²) in [5, 5.41) is 0. The quantitative estimate of drug-likeness (QED) is 0.843. The van der Waals surface area contributed by atoms with Gasteiger partial charge in [-0.15, -0.1) is 0 Å². The van der Waals surface area contributed by atoms with Crippen molar-refractivity contribution in [1.82, 2.24) is 4.98 Å². The van der Waals surface area contributed by atoms with Gasteiger partial charge < -0.3 is 10.5 Å². The van der Waals surface area contributed by atoms with Crippen molar-refractivity contribution >= 4 is 5.97 Å². The average Bonchev–Trinajstić information content (AvgIpc) is 2.28. The molecular weight excluding hydrogens is 249 g/mol. The molecule has 1 atom stereocenters. The van der Waals surface area contributed by atoms with Crippen LogP contribution >= 0.6 is 0 Å². The van der Waals surface area contributed by atoms with Crippen LogP contribution in [0.3, 0.4) is 0 Å². The number of ether oxygens (including phenoxy) is 1. The Hall–Kier alpha value is -1.63. The van der Waals surface area contributed by atoms with Gasteiger partial charge in [0.15, 0.2) is 0 Å². The zero-order chi connectivity index (χ0) is 13.8. The molecule has 0 aliphatic heterocycles. The molecule has 4 nitrogen and oxygen atoms in total. The van der Waals surface area contributed by atoms with E-state index in [1.165, 1.54) is 6.07 Å². The van der Waals surface area contributed by atoms with E-state index in [1.807, 2.05) is 0 Å². The third kappa shape index (κ3) is 3.99. The second kappa shape index (κ2) is 5.81. The molecule has 0 spiro atoms. The van der Waals surface area contributed by atoms with Gasteiger partial charge in [-0.3, -0.25) is 9.78 Å². The number of carbonyl (C=O) groups excluding carboxylic acids is 1. The Balaban J connectivity index is 2.70. The van der Waals surface area contributed by atoms with E-state index in [0.29, 0.717) is 5.56 Å². The van der Waals surface area contributed by atoms with Crippen molar-refractivity contribution in [3.05, 3.63) is 29.6 Å². The number of nitrogens with zero attached hydrogens (tertiary/aromatic N) is 1. The first kappa shape index (κ1) is 14.4. The molecule has 0 aliphatic rings. The fraction of sp³-hybridized carbons (Fsp3) is 0.455. The number of halogens is 3. The van der Waals surface area contributed by atoms with Gasteiger partial charge in [-0.05, 0) is 18.6 Å². The molecule has 0 radical (unpaired) electrons. The molecule has 1 unspecified atom stereocenters. The Kier molecular flexibility index (Phi) is 4.66. The number of hydrogen-bond donors (Lipinski definition) is 1. The third-order valence-electron chi connectivity index (χ3n) is 2.20. The summed E-state index contributed by atoms with van der Waals surface area (Å²) < 4.78 is 41.5. The first-order valence-corrected chi connectivity index (χ1v) is 5.29. The fourth-order valence-corrected chi connectivity index (χ4v) is 1.31. The fourth-order valence-electron chi connectivity index (χ4n) is 1.31. The van der Waals surface area contributed by atoms with E-state index >= 15 is 0 Å². The molecule has 100 valence electrons. The monoisotopic (exact) mass is 262 g/mol. The minimum Gasteiger partial charge on any atom is -0.466 e. The molecule has 0 aromatic carbocycles. The molecule has 7 heteroatoms. The highest BCUT2D eigenvalue weighted by Crippen LogP contribution is 2.28. The number of alkyl halides is 3. The summed E-state index contributed by atoms with van der Waals surface area (Å²) in [4.78, 5) is 14.4. The summed E-state index contributed by atoms with van der Waals surface area (Å²) in [5.41, 5.74) is 5.03. The van der Waals surface area contributed by atoms with E-state index in [-0.39, 0.29) is 13.0 Å². The van der Waals surface area contributed by atoms with E-state index in [1.54, 1.807) is 6.92 Å². The van der Waals surface area contributed by atoms with Crippen molar-refractivity contribution in [2.24, 2.45) is 5.73 Å². The van der Waals surface area contributed by atoms with E-state index < -0.39 is 23.9 Å². The maximum atomic E-state index is 12.3. The van der Waals surface area contributed by atoms with Crippen LogP contribution in [-0.2, 0) is 15.7 Å². The summed E-state index contributed by atoms with van der Waals surface area (Å²) in [5.74, 6) is -0.495. The maximum absolute atomic E-state index is 12.3. The van der Waals surface area contributed by atoms with Crippen molar-refractivity contribution in [2.45, 2.75) is 25.6 Å². The van der Waals surface area contributed by atoms with E-state index in [0.717, 1.165) is 12.3 Å². The van der Waals surface area contributed by atoms with E-state index in [2.05, 4.69) is 4.98 Å². The van der Waals surface area contributed by atoms with Gasteiger partial charge in [0.1, 0.15) is 5.69 Å². The molecule has 18 heavy (non-hydrogen) atoms. The number of aromatic nitrogens is 1. The Morgan fingerprint density at radius 1 is 1.50 bits per heavy atom. The van der Waals surface area contributed by atoms with Gasteiger partial charge in [-0.2, -0.15) is 13.2 Å². The molecule has 2 N–H and O–H groups in total. The van der Waals surface area contributed by atoms with Crippen molar-refractivity contribution < 1.29 is 22.7 Å². The van der Waals surface area contributed by atoms with Crippen molar-refractivity contribution in [3.8, 4) is 0 Å². The average molecular weight is 262 g/mol. The van der Waals surface area contributed by atoms with Gasteiger partial charge in [0.25, 0.3) is 0 Å². The molecule has 1 heterocycles. The predicted octanol–water partition coefficient (Wildman–Crippen LogP) is 2.05. The highest BCUT2D eigenvalue weighted by molar-refractivity contribution is 5.70. The van der Waals surface area contributed by atoms with Crippen LogP contribution in [0.1, 0.15) is 30.6 Å². The molecular formula is C11H13F3N2O2. The molecule has 0 bridgehead atoms. The van der Waals surface area contributed by atoms with E-state index in [4.69, 9.17) is 10.5 Å². The highest BCUT2D eigenvalue weighted by atomic mass is 19.4. The summed E-state index contributed by atoms with van der Waals surface area (Å²) in [7, 11) is 0. The topological polar surface area (TPSA) is 65.2 Å². The van der Waals surface area contributed by atoms with Gasteiger partial charge >= 0.3 is 12.1 Å². The Morgan fingerprint density at radius 2 is 2.17 bits per heavy atom. The molecule has 0 saturated carbocycles. The lowest BCUT2D eigenvalue weighted by Crippen LogP contribution is -2.18. The zero-order valence-electron chi connectivity index (χ0n) is 9.70. The molecule has 1 aromatic heterocycles. The first-order valence-electron chi connectivity index (χ1n) is 5.29. The van der Waals surface area contributed by atoms with Crippen molar-refractivity contribution in [2.75, 3.05) is 6.61 Å². The van der Waals surface area contributed by atoms with Crippen LogP contribution in [0, 0.1) is 0 Å². The standard InChI is InChI=1S/C11H13F3N2O2/c1-2-18-10(17)5-8(15)7-3-4-9(16-6-7)11(12,13)14/h3-4,6,8H,2,5,15H2,1H3. The number of rotatable bonds is 4. The molecule has 1 rings (SSSR count). The lowest BCUT2D eigenvalue weighted by Gasteiger charge is -2.12. The smallest absolute Gasteiger partial charge is 0.433 e. The SMILES string of the molecule is CCOC(=O)CC(N)c1ccc(C(F)(F)F)nc1. The van der Waals surface area contributed by atoms with Crippen molar-refractivity contribution in [3.63, 3.8) is 0 Å². The van der Waals surface area contributed by atoms with Crippen LogP contribution in [0.15, 0.2) is 18.3 Å². The van der Waals surface area contributed by atoms with Crippen molar-refractivity contribution in [1.29, 1.82) is 0 Å². The normalized spacial score (nSPS) is 13.2. The molecule has 0 aliphatic carbocycles. The van der Waals surface area contributed by atoms with Gasteiger partial charge in [0.2, 0.25) is 0 Å². The molecule has 0 fully saturated rings. The van der Waals surface area contributed by atoms with Crippen LogP contribution in [0.25, 0.3) is 0 Å². The second-order valence-corrected chi connectivity index (χ2v) is 3.59. The summed E-state index contributed by atoms with van der Waals surface area (Å²) >= 11 is 0. The predicted molar refractivity (Wildman–Crippen MR) is 57.4 cm³/mol. The van der Waals surface area contributed by atoms with Gasteiger partial charge in [-0.25, -0.2) is 0 Å². The lowest BCUT2D eigenvalue weighted by molar-refractivity contribution is -0.144. The number of nitrogens with two attached hydrogens (primary N) is 1. The minimum absolute atomic E-state index is 0.0963. The number of carbonyl (C=O) groups is 1. The van der Waals surface area contributed by atoms with Crippen LogP contribution in [0.2, 0.25) is 0 Å². The van der Waals surface area contributed by atoms with E-state index in [9.17, 15) is 18.0 Å². The summed E-state index contributed by atoms with van der Waals surface area (Å²) in [6.45, 7) is 1.89. The molecule has 1 aromatic rings. The van der Waals surface area contributed by atoms with Gasteiger partial charge in [0, 0.05) is 12.2 Å². The lowest BCUT2D eigenvalue weighted by atomic mass is 10.1. The third-order valence-corrected chi connectivity index (χ3v) is 2.20. The Morgan fingerprint density at radius 3 is 2.61 bits per heavy atom. The summed E-state index contributed by atoms with van der Waals surface area (Å²) in [6.07, 6.45) is -3.56. The number of esters is 1. The second-order valence-electron chi connectivity index (χ2n) is 3.59. The number of hydrogen-bond acceptors (Lipinski definition) is 4. The Bertz CT molecular complexity index is 404. The molecule has 0 saturated heterocycles. The summed E-state index contributed by atoms with van der Waals surface area (Å²) in [6, 6.07) is 1.32. The largest absolute Gasteiger partial charge is 0.466 e. The van der Waals surface area contributed by atoms with Crippen LogP contribution in [0.4, 0.5) is 13.2 Å². The highest BCUT2D eigenvalue weighted by Gasteiger charge is 2.32.